The quantitative estimate of drug-likeness (QED) is 0.176. The van der Waals surface area contributed by atoms with Crippen LogP contribution in [0.5, 0.6) is 0 Å². The van der Waals surface area contributed by atoms with Gasteiger partial charge in [0.1, 0.15) is 5.82 Å². The SMILES string of the molecule is c1ccc(-c2ccc(N(c3ccccc3)c3cc4c5c(c3)N(c3cccc(-c6ccccc6)n3)CC5c3ccccc3-c3ccccc3-4)cc2)cc1. The van der Waals surface area contributed by atoms with E-state index in [1.165, 1.54) is 50.2 Å². The highest BCUT2D eigenvalue weighted by Gasteiger charge is 2.38. The molecule has 7 aromatic carbocycles. The minimum atomic E-state index is 0.181. The van der Waals surface area contributed by atoms with Crippen LogP contribution in [0.1, 0.15) is 17.0 Å². The highest BCUT2D eigenvalue weighted by atomic mass is 15.2. The van der Waals surface area contributed by atoms with E-state index in [1.807, 2.05) is 0 Å². The van der Waals surface area contributed by atoms with Gasteiger partial charge < -0.3 is 9.80 Å². The number of nitrogens with zero attached hydrogens (tertiary/aromatic N) is 3. The number of para-hydroxylation sites is 1. The van der Waals surface area contributed by atoms with Crippen LogP contribution >= 0.6 is 0 Å². The number of pyridine rings is 1. The van der Waals surface area contributed by atoms with E-state index in [4.69, 9.17) is 4.98 Å². The van der Waals surface area contributed by atoms with Crippen molar-refractivity contribution in [2.45, 2.75) is 5.92 Å². The van der Waals surface area contributed by atoms with Crippen LogP contribution in [-0.2, 0) is 0 Å². The van der Waals surface area contributed by atoms with Crippen molar-refractivity contribution in [1.29, 1.82) is 0 Å². The van der Waals surface area contributed by atoms with E-state index in [1.54, 1.807) is 0 Å². The molecule has 10 rings (SSSR count). The highest BCUT2D eigenvalue weighted by Crippen LogP contribution is 2.56. The van der Waals surface area contributed by atoms with Crippen LogP contribution in [0.3, 0.4) is 0 Å². The predicted molar refractivity (Wildman–Crippen MR) is 216 cm³/mol. The molecular formula is C49H35N3. The summed E-state index contributed by atoms with van der Waals surface area (Å²) >= 11 is 0. The number of anilines is 5. The molecule has 0 fully saturated rings. The molecule has 1 aliphatic heterocycles. The van der Waals surface area contributed by atoms with Crippen molar-refractivity contribution in [3.8, 4) is 44.6 Å². The molecule has 1 aromatic heterocycles. The number of hydrogen-bond donors (Lipinski definition) is 0. The Morgan fingerprint density at radius 3 is 1.75 bits per heavy atom. The van der Waals surface area contributed by atoms with Crippen LogP contribution in [0.25, 0.3) is 44.6 Å². The Morgan fingerprint density at radius 1 is 0.442 bits per heavy atom. The van der Waals surface area contributed by atoms with Crippen molar-refractivity contribution in [1.82, 2.24) is 4.98 Å². The van der Waals surface area contributed by atoms with Gasteiger partial charge in [-0.05, 0) is 93.0 Å². The van der Waals surface area contributed by atoms with Gasteiger partial charge in [-0.2, -0.15) is 0 Å². The number of benzene rings is 7. The maximum atomic E-state index is 5.31. The second-order valence-corrected chi connectivity index (χ2v) is 13.6. The summed E-state index contributed by atoms with van der Waals surface area (Å²) in [7, 11) is 0. The molecule has 8 aromatic rings. The second-order valence-electron chi connectivity index (χ2n) is 13.6. The fourth-order valence-corrected chi connectivity index (χ4v) is 8.21. The molecule has 3 nitrogen and oxygen atoms in total. The zero-order valence-electron chi connectivity index (χ0n) is 28.6. The zero-order valence-corrected chi connectivity index (χ0v) is 28.6. The van der Waals surface area contributed by atoms with Gasteiger partial charge in [0.2, 0.25) is 0 Å². The first-order chi connectivity index (χ1) is 25.8. The molecule has 0 bridgehead atoms. The normalized spacial score (nSPS) is 13.8. The summed E-state index contributed by atoms with van der Waals surface area (Å²) in [6.07, 6.45) is 0. The van der Waals surface area contributed by atoms with E-state index in [2.05, 4.69) is 204 Å². The maximum Gasteiger partial charge on any atom is 0.133 e. The Bertz CT molecular complexity index is 2540. The smallest absolute Gasteiger partial charge is 0.133 e. The van der Waals surface area contributed by atoms with E-state index >= 15 is 0 Å². The third kappa shape index (κ3) is 5.09. The summed E-state index contributed by atoms with van der Waals surface area (Å²) < 4.78 is 0. The standard InChI is InChI=1S/C49H35N3/c1-4-15-34(16-5-1)35-27-29-38(30-28-35)52(37-19-8-3-9-20-37)39-31-44-42-23-12-10-21-40(42)41-22-11-13-24-43(41)45-33-51(47(32-39)49(44)45)48-26-14-25-46(50-48)36-17-6-2-7-18-36/h1-32,45H,33H2. The predicted octanol–water partition coefficient (Wildman–Crippen LogP) is 12.8. The van der Waals surface area contributed by atoms with E-state index < -0.39 is 0 Å². The Hall–Kier alpha value is -6.71. The molecule has 0 N–H and O–H groups in total. The Morgan fingerprint density at radius 2 is 1.02 bits per heavy atom. The van der Waals surface area contributed by atoms with E-state index in [0.717, 1.165) is 40.7 Å². The highest BCUT2D eigenvalue weighted by molar-refractivity contribution is 5.97. The third-order valence-corrected chi connectivity index (χ3v) is 10.6. The largest absolute Gasteiger partial charge is 0.325 e. The summed E-state index contributed by atoms with van der Waals surface area (Å²) in [6.45, 7) is 0.805. The first-order valence-corrected chi connectivity index (χ1v) is 18.0. The molecule has 3 heteroatoms. The molecule has 0 saturated heterocycles. The molecular weight excluding hydrogens is 631 g/mol. The molecule has 246 valence electrons. The lowest BCUT2D eigenvalue weighted by Gasteiger charge is -2.28. The molecule has 1 aliphatic carbocycles. The maximum absolute atomic E-state index is 5.31. The van der Waals surface area contributed by atoms with E-state index in [0.29, 0.717) is 0 Å². The van der Waals surface area contributed by atoms with Gasteiger partial charge in [0.25, 0.3) is 0 Å². The van der Waals surface area contributed by atoms with Crippen molar-refractivity contribution in [2.75, 3.05) is 16.3 Å². The second kappa shape index (κ2) is 12.6. The molecule has 0 amide bonds. The number of fused-ring (bicyclic) bond motifs is 5. The van der Waals surface area contributed by atoms with Crippen molar-refractivity contribution in [3.05, 3.63) is 205 Å². The van der Waals surface area contributed by atoms with Crippen LogP contribution in [0.2, 0.25) is 0 Å². The zero-order chi connectivity index (χ0) is 34.4. The Balaban J connectivity index is 1.21. The fourth-order valence-electron chi connectivity index (χ4n) is 8.21. The van der Waals surface area contributed by atoms with Gasteiger partial charge in [0, 0.05) is 40.8 Å². The monoisotopic (exact) mass is 665 g/mol. The lowest BCUT2D eigenvalue weighted by atomic mass is 9.88. The van der Waals surface area contributed by atoms with Gasteiger partial charge in [0.05, 0.1) is 5.69 Å². The Labute approximate surface area is 304 Å². The molecule has 2 aliphatic rings. The van der Waals surface area contributed by atoms with Crippen molar-refractivity contribution in [2.24, 2.45) is 0 Å². The van der Waals surface area contributed by atoms with Gasteiger partial charge in [-0.1, -0.05) is 146 Å². The summed E-state index contributed by atoms with van der Waals surface area (Å²) in [4.78, 5) is 10.2. The number of hydrogen-bond acceptors (Lipinski definition) is 3. The average molecular weight is 666 g/mol. The van der Waals surface area contributed by atoms with Crippen LogP contribution in [0.4, 0.5) is 28.6 Å². The first kappa shape index (κ1) is 30.1. The van der Waals surface area contributed by atoms with Gasteiger partial charge in [-0.25, -0.2) is 4.98 Å². The van der Waals surface area contributed by atoms with Crippen LogP contribution in [0, 0.1) is 0 Å². The molecule has 0 spiro atoms. The number of rotatable bonds is 6. The molecule has 52 heavy (non-hydrogen) atoms. The van der Waals surface area contributed by atoms with Crippen LogP contribution in [0.15, 0.2) is 194 Å². The lowest BCUT2D eigenvalue weighted by Crippen LogP contribution is -2.18. The molecule has 2 heterocycles. The van der Waals surface area contributed by atoms with E-state index in [9.17, 15) is 0 Å². The van der Waals surface area contributed by atoms with Crippen molar-refractivity contribution < 1.29 is 0 Å². The molecule has 1 atom stereocenters. The van der Waals surface area contributed by atoms with E-state index in [-0.39, 0.29) is 5.92 Å². The van der Waals surface area contributed by atoms with Gasteiger partial charge in [-0.15, -0.1) is 0 Å². The van der Waals surface area contributed by atoms with Crippen LogP contribution in [-0.4, -0.2) is 11.5 Å². The summed E-state index contributed by atoms with van der Waals surface area (Å²) in [5.74, 6) is 1.14. The third-order valence-electron chi connectivity index (χ3n) is 10.6. The van der Waals surface area contributed by atoms with Gasteiger partial charge >= 0.3 is 0 Å². The lowest BCUT2D eigenvalue weighted by molar-refractivity contribution is 0.855. The van der Waals surface area contributed by atoms with Crippen molar-refractivity contribution in [3.63, 3.8) is 0 Å². The minimum absolute atomic E-state index is 0.181. The van der Waals surface area contributed by atoms with Crippen LogP contribution < -0.4 is 9.80 Å². The first-order valence-electron chi connectivity index (χ1n) is 18.0. The topological polar surface area (TPSA) is 19.4 Å². The summed E-state index contributed by atoms with van der Waals surface area (Å²) in [5.41, 5.74) is 16.9. The van der Waals surface area contributed by atoms with Gasteiger partial charge in [-0.3, -0.25) is 0 Å². The molecule has 1 unspecified atom stereocenters. The Kier molecular flexibility index (Phi) is 7.28. The number of aromatic nitrogens is 1. The summed E-state index contributed by atoms with van der Waals surface area (Å²) in [5, 5.41) is 0. The molecule has 0 radical (unpaired) electrons. The molecule has 0 saturated carbocycles. The minimum Gasteiger partial charge on any atom is -0.325 e. The average Bonchev–Trinajstić information content (AvgIpc) is 3.56. The summed E-state index contributed by atoms with van der Waals surface area (Å²) in [6, 6.07) is 69.9. The van der Waals surface area contributed by atoms with Gasteiger partial charge in [0.15, 0.2) is 0 Å². The fraction of sp³-hybridized carbons (Fsp3) is 0.0408. The van der Waals surface area contributed by atoms with Crippen molar-refractivity contribution >= 4 is 28.6 Å².